The number of nitrogens with one attached hydrogen (secondary N) is 1. The molecule has 0 unspecified atom stereocenters. The fraction of sp³-hybridized carbons (Fsp3) is 0.588. The normalized spacial score (nSPS) is 15.1. The predicted octanol–water partition coefficient (Wildman–Crippen LogP) is 2.23. The molecule has 0 atom stereocenters. The van der Waals surface area contributed by atoms with Crippen LogP contribution in [0.5, 0.6) is 5.88 Å². The predicted molar refractivity (Wildman–Crippen MR) is 110 cm³/mol. The second-order valence-corrected chi connectivity index (χ2v) is 5.93. The Morgan fingerprint density at radius 2 is 1.93 bits per heavy atom. The molecule has 0 bridgehead atoms. The van der Waals surface area contributed by atoms with Crippen LogP contribution < -0.4 is 10.1 Å². The van der Waals surface area contributed by atoms with Gasteiger partial charge in [-0.3, -0.25) is 4.79 Å². The topological polar surface area (TPSA) is 70.1 Å². The third kappa shape index (κ3) is 6.99. The molecule has 7 nitrogen and oxygen atoms in total. The van der Waals surface area contributed by atoms with Crippen molar-refractivity contribution in [1.82, 2.24) is 20.1 Å². The van der Waals surface area contributed by atoms with Gasteiger partial charge >= 0.3 is 6.18 Å². The molecule has 0 saturated carbocycles. The molecular weight excluding hydrogens is 490 g/mol. The zero-order valence-corrected chi connectivity index (χ0v) is 18.2. The molecule has 28 heavy (non-hydrogen) atoms. The molecule has 1 amide bonds. The number of alkyl halides is 3. The minimum atomic E-state index is -4.52. The summed E-state index contributed by atoms with van der Waals surface area (Å²) in [5.74, 6) is 0.252. The van der Waals surface area contributed by atoms with E-state index in [1.807, 2.05) is 11.8 Å². The summed E-state index contributed by atoms with van der Waals surface area (Å²) in [6.45, 7) is 6.80. The van der Waals surface area contributed by atoms with E-state index in [1.54, 1.807) is 11.8 Å². The van der Waals surface area contributed by atoms with Gasteiger partial charge < -0.3 is 19.9 Å². The third-order valence-corrected chi connectivity index (χ3v) is 4.03. The average molecular weight is 515 g/mol. The van der Waals surface area contributed by atoms with Crippen LogP contribution in [0.15, 0.2) is 23.3 Å². The molecule has 0 radical (unpaired) electrons. The number of carbonyl (C=O) groups excluding carboxylic acids is 1. The highest BCUT2D eigenvalue weighted by Crippen LogP contribution is 2.34. The van der Waals surface area contributed by atoms with E-state index in [1.165, 1.54) is 12.3 Å². The van der Waals surface area contributed by atoms with Crippen molar-refractivity contribution in [2.24, 2.45) is 4.99 Å². The fourth-order valence-electron chi connectivity index (χ4n) is 2.67. The summed E-state index contributed by atoms with van der Waals surface area (Å²) >= 11 is 0. The van der Waals surface area contributed by atoms with Crippen molar-refractivity contribution in [3.05, 3.63) is 23.9 Å². The van der Waals surface area contributed by atoms with Gasteiger partial charge in [-0.1, -0.05) is 0 Å². The quantitative estimate of drug-likeness (QED) is 0.282. The first-order valence-corrected chi connectivity index (χ1v) is 8.76. The molecule has 0 spiro atoms. The number of pyridine rings is 1. The van der Waals surface area contributed by atoms with Crippen molar-refractivity contribution in [2.75, 3.05) is 45.9 Å². The van der Waals surface area contributed by atoms with Gasteiger partial charge in [-0.05, 0) is 19.1 Å². The van der Waals surface area contributed by atoms with Crippen molar-refractivity contribution in [3.8, 4) is 5.88 Å². The lowest BCUT2D eigenvalue weighted by Gasteiger charge is -2.36. The maximum Gasteiger partial charge on any atom is 0.421 e. The summed E-state index contributed by atoms with van der Waals surface area (Å²) in [7, 11) is 0. The van der Waals surface area contributed by atoms with Gasteiger partial charge in [-0.15, -0.1) is 24.0 Å². The number of amides is 1. The van der Waals surface area contributed by atoms with Crippen molar-refractivity contribution in [2.45, 2.75) is 20.0 Å². The maximum absolute atomic E-state index is 12.9. The highest BCUT2D eigenvalue weighted by Gasteiger charge is 2.35. The minimum Gasteiger partial charge on any atom is -0.475 e. The van der Waals surface area contributed by atoms with Crippen molar-refractivity contribution < 1.29 is 22.7 Å². The van der Waals surface area contributed by atoms with Gasteiger partial charge in [0.05, 0.1) is 6.54 Å². The molecule has 1 N–H and O–H groups in total. The van der Waals surface area contributed by atoms with Crippen LogP contribution in [0, 0.1) is 0 Å². The van der Waals surface area contributed by atoms with E-state index < -0.39 is 17.6 Å². The Labute approximate surface area is 179 Å². The number of rotatable bonds is 5. The Bertz CT molecular complexity index is 664. The van der Waals surface area contributed by atoms with Gasteiger partial charge in [0.25, 0.3) is 0 Å². The standard InChI is InChI=1S/C17H24F3N5O2.HI/c1-3-21-16(25-10-8-24(9-11-25)13(2)26)23-7-12-27-15-14(17(18,19)20)5-4-6-22-15;/h4-6H,3,7-12H2,1-2H3,(H,21,23);1H. The highest BCUT2D eigenvalue weighted by atomic mass is 127. The Morgan fingerprint density at radius 1 is 1.29 bits per heavy atom. The molecule has 1 fully saturated rings. The van der Waals surface area contributed by atoms with E-state index in [-0.39, 0.29) is 43.0 Å². The second kappa shape index (κ2) is 11.3. The molecule has 1 aliphatic heterocycles. The number of hydrogen-bond donors (Lipinski definition) is 1. The summed E-state index contributed by atoms with van der Waals surface area (Å²) < 4.78 is 44.0. The van der Waals surface area contributed by atoms with Gasteiger partial charge in [0.15, 0.2) is 5.96 Å². The van der Waals surface area contributed by atoms with Crippen LogP contribution in [0.1, 0.15) is 19.4 Å². The van der Waals surface area contributed by atoms with E-state index in [0.29, 0.717) is 38.7 Å². The second-order valence-electron chi connectivity index (χ2n) is 5.93. The molecule has 158 valence electrons. The number of guanidine groups is 1. The number of carbonyl (C=O) groups is 1. The van der Waals surface area contributed by atoms with Crippen molar-refractivity contribution in [3.63, 3.8) is 0 Å². The molecule has 0 aromatic carbocycles. The molecular formula is C17H25F3IN5O2. The first-order valence-electron chi connectivity index (χ1n) is 8.76. The Kier molecular flexibility index (Phi) is 9.76. The molecule has 1 aromatic heterocycles. The summed E-state index contributed by atoms with van der Waals surface area (Å²) in [5.41, 5.74) is -0.902. The number of aromatic nitrogens is 1. The number of aliphatic imine (C=N–C) groups is 1. The zero-order chi connectivity index (χ0) is 19.9. The number of piperazine rings is 1. The molecule has 1 aromatic rings. The first kappa shape index (κ1) is 24.2. The van der Waals surface area contributed by atoms with Gasteiger partial charge in [0, 0.05) is 45.8 Å². The number of nitrogens with zero attached hydrogens (tertiary/aromatic N) is 4. The van der Waals surface area contributed by atoms with Gasteiger partial charge in [0.2, 0.25) is 11.8 Å². The van der Waals surface area contributed by atoms with Gasteiger partial charge in [-0.25, -0.2) is 9.98 Å². The molecule has 11 heteroatoms. The van der Waals surface area contributed by atoms with Crippen molar-refractivity contribution >= 4 is 35.8 Å². The van der Waals surface area contributed by atoms with Crippen LogP contribution in [0.2, 0.25) is 0 Å². The highest BCUT2D eigenvalue weighted by molar-refractivity contribution is 14.0. The Balaban J connectivity index is 0.00000392. The van der Waals surface area contributed by atoms with E-state index in [0.717, 1.165) is 6.07 Å². The third-order valence-electron chi connectivity index (χ3n) is 4.03. The lowest BCUT2D eigenvalue weighted by Crippen LogP contribution is -2.53. The Hall–Kier alpha value is -1.79. The lowest BCUT2D eigenvalue weighted by molar-refractivity contribution is -0.139. The van der Waals surface area contributed by atoms with Crippen LogP contribution in [-0.4, -0.2) is 72.5 Å². The number of ether oxygens (including phenoxy) is 1. The van der Waals surface area contributed by atoms with Crippen LogP contribution >= 0.6 is 24.0 Å². The smallest absolute Gasteiger partial charge is 0.421 e. The Morgan fingerprint density at radius 3 is 2.50 bits per heavy atom. The number of hydrogen-bond acceptors (Lipinski definition) is 4. The summed E-state index contributed by atoms with van der Waals surface area (Å²) in [6.07, 6.45) is -3.26. The number of halogens is 4. The van der Waals surface area contributed by atoms with Crippen LogP contribution in [0.3, 0.4) is 0 Å². The van der Waals surface area contributed by atoms with Gasteiger partial charge in [-0.2, -0.15) is 13.2 Å². The molecule has 2 rings (SSSR count). The van der Waals surface area contributed by atoms with E-state index in [9.17, 15) is 18.0 Å². The summed E-state index contributed by atoms with van der Waals surface area (Å²) in [4.78, 5) is 23.3. The van der Waals surface area contributed by atoms with E-state index >= 15 is 0 Å². The molecule has 2 heterocycles. The van der Waals surface area contributed by atoms with Crippen LogP contribution in [0.25, 0.3) is 0 Å². The van der Waals surface area contributed by atoms with E-state index in [2.05, 4.69) is 15.3 Å². The largest absolute Gasteiger partial charge is 0.475 e. The fourth-order valence-corrected chi connectivity index (χ4v) is 2.67. The van der Waals surface area contributed by atoms with E-state index in [4.69, 9.17) is 4.74 Å². The summed E-state index contributed by atoms with van der Waals surface area (Å²) in [6, 6.07) is 2.15. The first-order chi connectivity index (χ1) is 12.8. The molecule has 1 aliphatic rings. The molecule has 0 aliphatic carbocycles. The summed E-state index contributed by atoms with van der Waals surface area (Å²) in [5, 5.41) is 3.15. The minimum absolute atomic E-state index is 0. The zero-order valence-electron chi connectivity index (χ0n) is 15.8. The van der Waals surface area contributed by atoms with Crippen molar-refractivity contribution in [1.29, 1.82) is 0 Å². The molecule has 1 saturated heterocycles. The SMILES string of the molecule is CCNC(=NCCOc1ncccc1C(F)(F)F)N1CCN(C(C)=O)CC1.I. The van der Waals surface area contributed by atoms with Crippen LogP contribution in [-0.2, 0) is 11.0 Å². The lowest BCUT2D eigenvalue weighted by atomic mass is 10.2. The average Bonchev–Trinajstić information content (AvgIpc) is 2.64. The van der Waals surface area contributed by atoms with Gasteiger partial charge in [0.1, 0.15) is 12.2 Å². The maximum atomic E-state index is 12.9. The van der Waals surface area contributed by atoms with Crippen LogP contribution in [0.4, 0.5) is 13.2 Å². The monoisotopic (exact) mass is 515 g/mol.